The van der Waals surface area contributed by atoms with E-state index in [1.807, 2.05) is 42.5 Å². The average Bonchev–Trinajstić information content (AvgIpc) is 2.83. The molecule has 0 aliphatic rings. The van der Waals surface area contributed by atoms with Gasteiger partial charge in [0, 0.05) is 6.42 Å². The molecule has 0 atom stereocenters. The van der Waals surface area contributed by atoms with Crippen LogP contribution in [-0.4, -0.2) is 11.0 Å². The number of carbonyl (C=O) groups excluding carboxylic acids is 1. The van der Waals surface area contributed by atoms with Gasteiger partial charge < -0.3 is 10.4 Å². The molecule has 0 unspecified atom stereocenters. The molecule has 2 N–H and O–H groups in total. The van der Waals surface area contributed by atoms with Crippen LogP contribution in [0.1, 0.15) is 96.8 Å². The molecule has 2 rings (SSSR count). The van der Waals surface area contributed by atoms with Gasteiger partial charge in [0.05, 0.1) is 5.69 Å². The zero-order valence-corrected chi connectivity index (χ0v) is 20.5. The van der Waals surface area contributed by atoms with Gasteiger partial charge in [-0.2, -0.15) is 0 Å². The van der Waals surface area contributed by atoms with Gasteiger partial charge in [-0.15, -0.1) is 0 Å². The van der Waals surface area contributed by atoms with Crippen molar-refractivity contribution in [3.05, 3.63) is 60.7 Å². The quantitative estimate of drug-likeness (QED) is 0.144. The number of aromatic hydroxyl groups is 1. The second-order valence-electron chi connectivity index (χ2n) is 8.98. The fourth-order valence-corrected chi connectivity index (χ4v) is 4.02. The number of carbonyl (C=O) groups is 1. The normalized spacial score (nSPS) is 11.2. The van der Waals surface area contributed by atoms with E-state index in [0.717, 1.165) is 24.0 Å². The molecule has 0 bridgehead atoms. The Hall–Kier alpha value is -2.55. The first-order valence-corrected chi connectivity index (χ1v) is 13.0. The smallest absolute Gasteiger partial charge is 0.224 e. The number of anilines is 1. The van der Waals surface area contributed by atoms with Crippen LogP contribution in [-0.2, 0) is 4.79 Å². The topological polar surface area (TPSA) is 49.3 Å². The Balaban J connectivity index is 1.52. The zero-order chi connectivity index (χ0) is 23.6. The zero-order valence-electron chi connectivity index (χ0n) is 20.5. The van der Waals surface area contributed by atoms with Gasteiger partial charge in [-0.05, 0) is 55.4 Å². The Morgan fingerprint density at radius 2 is 1.36 bits per heavy atom. The molecule has 3 heteroatoms. The van der Waals surface area contributed by atoms with Crippen LogP contribution in [0, 0.1) is 0 Å². The van der Waals surface area contributed by atoms with E-state index >= 15 is 0 Å². The molecule has 33 heavy (non-hydrogen) atoms. The number of nitrogens with one attached hydrogen (secondary N) is 1. The van der Waals surface area contributed by atoms with Gasteiger partial charge in [0.2, 0.25) is 5.91 Å². The molecule has 3 nitrogen and oxygen atoms in total. The Morgan fingerprint density at radius 3 is 2.03 bits per heavy atom. The molecule has 0 radical (unpaired) electrons. The Kier molecular flexibility index (Phi) is 13.8. The number of rotatable bonds is 17. The van der Waals surface area contributed by atoms with Crippen molar-refractivity contribution in [3.63, 3.8) is 0 Å². The molecule has 1 amide bonds. The summed E-state index contributed by atoms with van der Waals surface area (Å²) in [6.07, 6.45) is 21.4. The largest absolute Gasteiger partial charge is 0.506 e. The molecule has 0 spiro atoms. The second-order valence-corrected chi connectivity index (χ2v) is 8.98. The minimum atomic E-state index is -0.0341. The van der Waals surface area contributed by atoms with E-state index in [1.54, 1.807) is 6.07 Å². The van der Waals surface area contributed by atoms with Crippen LogP contribution in [0.2, 0.25) is 0 Å². The molecule has 0 aromatic heterocycles. The van der Waals surface area contributed by atoms with Crippen LogP contribution in [0.3, 0.4) is 0 Å². The van der Waals surface area contributed by atoms with Crippen LogP contribution in [0.5, 0.6) is 5.75 Å². The molecule has 180 valence electrons. The summed E-state index contributed by atoms with van der Waals surface area (Å²) in [5.41, 5.74) is 2.52. The molecule has 2 aromatic rings. The maximum absolute atomic E-state index is 12.3. The van der Waals surface area contributed by atoms with Crippen molar-refractivity contribution in [2.75, 3.05) is 5.32 Å². The highest BCUT2D eigenvalue weighted by atomic mass is 16.3. The van der Waals surface area contributed by atoms with E-state index in [-0.39, 0.29) is 11.7 Å². The van der Waals surface area contributed by atoms with Crippen LogP contribution >= 0.6 is 0 Å². The van der Waals surface area contributed by atoms with Crippen molar-refractivity contribution in [2.45, 2.75) is 96.8 Å². The van der Waals surface area contributed by atoms with Gasteiger partial charge in [-0.25, -0.2) is 0 Å². The maximum Gasteiger partial charge on any atom is 0.224 e. The number of phenolic OH excluding ortho intramolecular Hbond substituents is 1. The molecule has 0 aliphatic carbocycles. The third-order valence-electron chi connectivity index (χ3n) is 6.04. The Bertz CT molecular complexity index is 813. The lowest BCUT2D eigenvalue weighted by Gasteiger charge is -2.10. The van der Waals surface area contributed by atoms with Crippen molar-refractivity contribution < 1.29 is 9.90 Å². The minimum absolute atomic E-state index is 0.0341. The molecule has 2 aromatic carbocycles. The van der Waals surface area contributed by atoms with E-state index in [4.69, 9.17) is 0 Å². The van der Waals surface area contributed by atoms with E-state index < -0.39 is 0 Å². The monoisotopic (exact) mass is 449 g/mol. The standard InChI is InChI=1S/C30H43NO2/c1-2-3-4-5-6-7-8-9-10-11-12-13-14-15-19-22-30(33)31-28-25-27(23-24-29(28)32)26-20-17-16-18-21-26/h9-10,16-18,20-21,23-25,32H,2-8,11-15,19,22H2,1H3,(H,31,33)/b10-9-. The van der Waals surface area contributed by atoms with Gasteiger partial charge in [0.15, 0.2) is 0 Å². The number of phenols is 1. The summed E-state index contributed by atoms with van der Waals surface area (Å²) in [6, 6.07) is 15.3. The van der Waals surface area contributed by atoms with Crippen molar-refractivity contribution in [3.8, 4) is 16.9 Å². The van der Waals surface area contributed by atoms with Gasteiger partial charge in [-0.1, -0.05) is 107 Å². The SMILES string of the molecule is CCCCCCCC/C=C\CCCCCCCC(=O)Nc1cc(-c2ccccc2)ccc1O. The van der Waals surface area contributed by atoms with Crippen LogP contribution in [0.15, 0.2) is 60.7 Å². The molecular formula is C30H43NO2. The van der Waals surface area contributed by atoms with E-state index in [9.17, 15) is 9.90 Å². The number of hydrogen-bond acceptors (Lipinski definition) is 2. The molecule has 0 fully saturated rings. The number of unbranched alkanes of at least 4 members (excludes halogenated alkanes) is 11. The third kappa shape index (κ3) is 11.8. The third-order valence-corrected chi connectivity index (χ3v) is 6.04. The Morgan fingerprint density at radius 1 is 0.758 bits per heavy atom. The molecule has 0 aliphatic heterocycles. The summed E-state index contributed by atoms with van der Waals surface area (Å²) in [4.78, 5) is 12.3. The van der Waals surface area contributed by atoms with E-state index in [2.05, 4.69) is 24.4 Å². The number of hydrogen-bond donors (Lipinski definition) is 2. The minimum Gasteiger partial charge on any atom is -0.506 e. The molecule has 0 heterocycles. The van der Waals surface area contributed by atoms with Gasteiger partial charge in [0.1, 0.15) is 5.75 Å². The number of allylic oxidation sites excluding steroid dienone is 2. The van der Waals surface area contributed by atoms with Crippen molar-refractivity contribution in [1.29, 1.82) is 0 Å². The summed E-state index contributed by atoms with van der Waals surface area (Å²) in [5, 5.41) is 13.0. The van der Waals surface area contributed by atoms with Gasteiger partial charge in [-0.3, -0.25) is 4.79 Å². The first kappa shape index (κ1) is 26.7. The summed E-state index contributed by atoms with van der Waals surface area (Å²) in [6.45, 7) is 2.26. The predicted molar refractivity (Wildman–Crippen MR) is 142 cm³/mol. The summed E-state index contributed by atoms with van der Waals surface area (Å²) in [5.74, 6) is 0.0701. The average molecular weight is 450 g/mol. The Labute approximate surface area is 201 Å². The highest BCUT2D eigenvalue weighted by Crippen LogP contribution is 2.30. The molecular weight excluding hydrogens is 406 g/mol. The lowest BCUT2D eigenvalue weighted by molar-refractivity contribution is -0.116. The van der Waals surface area contributed by atoms with Gasteiger partial charge in [0.25, 0.3) is 0 Å². The van der Waals surface area contributed by atoms with Crippen molar-refractivity contribution in [1.82, 2.24) is 0 Å². The summed E-state index contributed by atoms with van der Waals surface area (Å²) >= 11 is 0. The first-order chi connectivity index (χ1) is 16.2. The van der Waals surface area contributed by atoms with Crippen LogP contribution in [0.25, 0.3) is 11.1 Å². The van der Waals surface area contributed by atoms with E-state index in [0.29, 0.717) is 12.1 Å². The fraction of sp³-hybridized carbons (Fsp3) is 0.500. The molecule has 0 saturated heterocycles. The highest BCUT2D eigenvalue weighted by Gasteiger charge is 2.08. The van der Waals surface area contributed by atoms with Gasteiger partial charge >= 0.3 is 0 Å². The lowest BCUT2D eigenvalue weighted by Crippen LogP contribution is -2.11. The maximum atomic E-state index is 12.3. The number of amides is 1. The van der Waals surface area contributed by atoms with Crippen molar-refractivity contribution >= 4 is 11.6 Å². The molecule has 0 saturated carbocycles. The second kappa shape index (κ2) is 17.0. The summed E-state index contributed by atoms with van der Waals surface area (Å²) < 4.78 is 0. The van der Waals surface area contributed by atoms with E-state index in [1.165, 1.54) is 70.6 Å². The van der Waals surface area contributed by atoms with Crippen LogP contribution < -0.4 is 5.32 Å². The number of benzene rings is 2. The fourth-order valence-electron chi connectivity index (χ4n) is 4.02. The summed E-state index contributed by atoms with van der Waals surface area (Å²) in [7, 11) is 0. The van der Waals surface area contributed by atoms with Crippen molar-refractivity contribution in [2.24, 2.45) is 0 Å². The van der Waals surface area contributed by atoms with Crippen LogP contribution in [0.4, 0.5) is 5.69 Å². The highest BCUT2D eigenvalue weighted by molar-refractivity contribution is 5.93. The lowest BCUT2D eigenvalue weighted by atomic mass is 10.0. The predicted octanol–water partition coefficient (Wildman–Crippen LogP) is 9.04. The first-order valence-electron chi connectivity index (χ1n) is 13.0.